The van der Waals surface area contributed by atoms with Gasteiger partial charge in [-0.05, 0) is 29.7 Å². The van der Waals surface area contributed by atoms with E-state index in [-0.39, 0.29) is 18.6 Å². The Morgan fingerprint density at radius 1 is 1.50 bits per heavy atom. The zero-order valence-electron chi connectivity index (χ0n) is 10.8. The number of hydrogen-bond acceptors (Lipinski definition) is 3. The highest BCUT2D eigenvalue weighted by Crippen LogP contribution is 2.30. The Hall–Kier alpha value is -1.39. The van der Waals surface area contributed by atoms with Crippen molar-refractivity contribution in [3.8, 4) is 0 Å². The molecule has 1 aliphatic rings. The molecule has 1 unspecified atom stereocenters. The van der Waals surface area contributed by atoms with E-state index >= 15 is 0 Å². The number of ether oxygens (including phenoxy) is 1. The molecule has 0 spiro atoms. The molecule has 0 aromatic heterocycles. The fraction of sp³-hybridized carbons (Fsp3) is 0.500. The summed E-state index contributed by atoms with van der Waals surface area (Å²) in [6, 6.07) is 5.73. The molecule has 0 radical (unpaired) electrons. The molecule has 0 saturated carbocycles. The number of rotatable bonds is 3. The van der Waals surface area contributed by atoms with Gasteiger partial charge in [0.1, 0.15) is 0 Å². The summed E-state index contributed by atoms with van der Waals surface area (Å²) in [5, 5.41) is 9.02. The maximum Gasteiger partial charge on any atom is 0.253 e. The fourth-order valence-corrected chi connectivity index (χ4v) is 2.28. The smallest absolute Gasteiger partial charge is 0.253 e. The van der Waals surface area contributed by atoms with Gasteiger partial charge in [0.2, 0.25) is 0 Å². The Kier molecular flexibility index (Phi) is 3.99. The predicted molar refractivity (Wildman–Crippen MR) is 68.6 cm³/mol. The van der Waals surface area contributed by atoms with Gasteiger partial charge in [-0.25, -0.2) is 0 Å². The third-order valence-electron chi connectivity index (χ3n) is 3.22. The van der Waals surface area contributed by atoms with Crippen LogP contribution in [0.3, 0.4) is 0 Å². The third kappa shape index (κ3) is 2.54. The molecule has 98 valence electrons. The van der Waals surface area contributed by atoms with Crippen molar-refractivity contribution in [2.24, 2.45) is 0 Å². The fourth-order valence-electron chi connectivity index (χ4n) is 2.28. The lowest BCUT2D eigenvalue weighted by Gasteiger charge is -2.26. The van der Waals surface area contributed by atoms with Crippen LogP contribution in [0.1, 0.15) is 34.0 Å². The molecule has 18 heavy (non-hydrogen) atoms. The van der Waals surface area contributed by atoms with Crippen LogP contribution in [0.4, 0.5) is 0 Å². The van der Waals surface area contributed by atoms with Gasteiger partial charge in [0.15, 0.2) is 0 Å². The second-order valence-corrected chi connectivity index (χ2v) is 4.73. The van der Waals surface area contributed by atoms with Crippen LogP contribution in [-0.4, -0.2) is 43.2 Å². The third-order valence-corrected chi connectivity index (χ3v) is 3.22. The number of aliphatic hydroxyl groups excluding tert-OH is 1. The van der Waals surface area contributed by atoms with Crippen molar-refractivity contribution in [3.63, 3.8) is 0 Å². The highest BCUT2D eigenvalue weighted by Gasteiger charge is 2.21. The van der Waals surface area contributed by atoms with Crippen molar-refractivity contribution in [1.82, 2.24) is 4.90 Å². The molecule has 1 heterocycles. The Bertz CT molecular complexity index is 443. The summed E-state index contributed by atoms with van der Waals surface area (Å²) < 4.78 is 5.64. The topological polar surface area (TPSA) is 49.8 Å². The van der Waals surface area contributed by atoms with Gasteiger partial charge in [0, 0.05) is 32.7 Å². The summed E-state index contributed by atoms with van der Waals surface area (Å²) in [7, 11) is 3.50. The highest BCUT2D eigenvalue weighted by molar-refractivity contribution is 5.94. The minimum Gasteiger partial charge on any atom is -0.396 e. The second kappa shape index (κ2) is 5.50. The highest BCUT2D eigenvalue weighted by atomic mass is 16.5. The molecular weight excluding hydrogens is 230 g/mol. The van der Waals surface area contributed by atoms with Crippen LogP contribution in [0.5, 0.6) is 0 Å². The number of benzene rings is 1. The standard InChI is InChI=1S/C14H19NO3/c1-15(2)14(17)11-3-4-12-10(9-11)6-8-18-13(12)5-7-16/h3-4,9,13,16H,5-8H2,1-2H3. The number of hydrogen-bond donors (Lipinski definition) is 1. The Morgan fingerprint density at radius 3 is 2.94 bits per heavy atom. The van der Waals surface area contributed by atoms with Crippen LogP contribution in [0.2, 0.25) is 0 Å². The van der Waals surface area contributed by atoms with Crippen LogP contribution in [0.15, 0.2) is 18.2 Å². The average molecular weight is 249 g/mol. The van der Waals surface area contributed by atoms with Crippen LogP contribution in [0, 0.1) is 0 Å². The zero-order valence-corrected chi connectivity index (χ0v) is 10.8. The van der Waals surface area contributed by atoms with Crippen molar-refractivity contribution in [2.45, 2.75) is 18.9 Å². The van der Waals surface area contributed by atoms with E-state index in [1.165, 1.54) is 0 Å². The number of aliphatic hydroxyl groups is 1. The van der Waals surface area contributed by atoms with Gasteiger partial charge in [-0.2, -0.15) is 0 Å². The number of fused-ring (bicyclic) bond motifs is 1. The summed E-state index contributed by atoms with van der Waals surface area (Å²) in [5.41, 5.74) is 2.97. The van der Waals surface area contributed by atoms with E-state index in [1.807, 2.05) is 18.2 Å². The number of carbonyl (C=O) groups is 1. The molecule has 1 amide bonds. The van der Waals surface area contributed by atoms with E-state index in [1.54, 1.807) is 19.0 Å². The molecular formula is C14H19NO3. The van der Waals surface area contributed by atoms with Gasteiger partial charge >= 0.3 is 0 Å². The first-order valence-corrected chi connectivity index (χ1v) is 6.20. The van der Waals surface area contributed by atoms with E-state index < -0.39 is 0 Å². The Labute approximate surface area is 107 Å². The summed E-state index contributed by atoms with van der Waals surface area (Å²) in [6.07, 6.45) is 1.39. The van der Waals surface area contributed by atoms with Gasteiger partial charge < -0.3 is 14.7 Å². The molecule has 4 heteroatoms. The predicted octanol–water partition coefficient (Wildman–Crippen LogP) is 1.38. The van der Waals surface area contributed by atoms with Gasteiger partial charge in [-0.1, -0.05) is 6.07 Å². The van der Waals surface area contributed by atoms with Crippen LogP contribution in [-0.2, 0) is 11.2 Å². The van der Waals surface area contributed by atoms with Gasteiger partial charge in [0.25, 0.3) is 5.91 Å². The molecule has 1 aromatic rings. The molecule has 1 aliphatic heterocycles. The van der Waals surface area contributed by atoms with Crippen LogP contribution < -0.4 is 0 Å². The lowest BCUT2D eigenvalue weighted by molar-refractivity contribution is 0.0253. The average Bonchev–Trinajstić information content (AvgIpc) is 2.38. The van der Waals surface area contributed by atoms with Crippen LogP contribution in [0.25, 0.3) is 0 Å². The molecule has 0 bridgehead atoms. The largest absolute Gasteiger partial charge is 0.396 e. The van der Waals surface area contributed by atoms with E-state index in [0.29, 0.717) is 18.6 Å². The molecule has 0 aliphatic carbocycles. The monoisotopic (exact) mass is 249 g/mol. The van der Waals surface area contributed by atoms with Gasteiger partial charge in [-0.15, -0.1) is 0 Å². The summed E-state index contributed by atoms with van der Waals surface area (Å²) in [4.78, 5) is 13.5. The van der Waals surface area contributed by atoms with E-state index in [2.05, 4.69) is 0 Å². The summed E-state index contributed by atoms with van der Waals surface area (Å²) in [5.74, 6) is 0.0167. The zero-order chi connectivity index (χ0) is 13.1. The van der Waals surface area contributed by atoms with Crippen molar-refractivity contribution in [1.29, 1.82) is 0 Å². The summed E-state index contributed by atoms with van der Waals surface area (Å²) >= 11 is 0. The lowest BCUT2D eigenvalue weighted by Crippen LogP contribution is -2.23. The second-order valence-electron chi connectivity index (χ2n) is 4.73. The SMILES string of the molecule is CN(C)C(=O)c1ccc2c(c1)CCOC2CCO. The van der Waals surface area contributed by atoms with Gasteiger partial charge in [0.05, 0.1) is 12.7 Å². The normalized spacial score (nSPS) is 18.3. The number of nitrogens with zero attached hydrogens (tertiary/aromatic N) is 1. The maximum absolute atomic E-state index is 11.9. The van der Waals surface area contributed by atoms with Gasteiger partial charge in [-0.3, -0.25) is 4.79 Å². The van der Waals surface area contributed by atoms with Crippen molar-refractivity contribution >= 4 is 5.91 Å². The minimum atomic E-state index is -0.0396. The van der Waals surface area contributed by atoms with Crippen LogP contribution >= 0.6 is 0 Å². The minimum absolute atomic E-state index is 0.0167. The van der Waals surface area contributed by atoms with Crippen molar-refractivity contribution in [3.05, 3.63) is 34.9 Å². The first kappa shape index (κ1) is 13.1. The summed E-state index contributed by atoms with van der Waals surface area (Å²) in [6.45, 7) is 0.764. The number of carbonyl (C=O) groups excluding carboxylic acids is 1. The Balaban J connectivity index is 2.29. The van der Waals surface area contributed by atoms with E-state index in [4.69, 9.17) is 9.84 Å². The van der Waals surface area contributed by atoms with E-state index in [9.17, 15) is 4.79 Å². The van der Waals surface area contributed by atoms with Crippen molar-refractivity contribution in [2.75, 3.05) is 27.3 Å². The Morgan fingerprint density at radius 2 is 2.28 bits per heavy atom. The maximum atomic E-state index is 11.9. The molecule has 1 N–H and O–H groups in total. The molecule has 1 aromatic carbocycles. The molecule has 2 rings (SSSR count). The lowest BCUT2D eigenvalue weighted by atomic mass is 9.94. The van der Waals surface area contributed by atoms with Crippen molar-refractivity contribution < 1.29 is 14.6 Å². The first-order valence-electron chi connectivity index (χ1n) is 6.20. The molecule has 4 nitrogen and oxygen atoms in total. The molecule has 1 atom stereocenters. The molecule has 0 saturated heterocycles. The van der Waals surface area contributed by atoms with E-state index in [0.717, 1.165) is 17.5 Å². The first-order chi connectivity index (χ1) is 8.63. The number of amides is 1. The quantitative estimate of drug-likeness (QED) is 0.880. The molecule has 0 fully saturated rings.